The van der Waals surface area contributed by atoms with Crippen LogP contribution in [0.2, 0.25) is 0 Å². The predicted molar refractivity (Wildman–Crippen MR) is 88.4 cm³/mol. The van der Waals surface area contributed by atoms with Gasteiger partial charge in [-0.05, 0) is 12.5 Å². The molecule has 0 saturated carbocycles. The third-order valence-corrected chi connectivity index (χ3v) is 3.54. The lowest BCUT2D eigenvalue weighted by Crippen LogP contribution is -2.57. The summed E-state index contributed by atoms with van der Waals surface area (Å²) in [5.41, 5.74) is 6.15. The monoisotopic (exact) mass is 353 g/mol. The SMILES string of the molecule is CC(O)C(N)C(=O)NC(CO)C(=O)NC(Cc1ccccc1)C(=O)O. The van der Waals surface area contributed by atoms with Crippen LogP contribution < -0.4 is 16.4 Å². The first-order valence-electron chi connectivity index (χ1n) is 7.68. The Balaban J connectivity index is 2.73. The first-order valence-corrected chi connectivity index (χ1v) is 7.68. The number of hydrogen-bond donors (Lipinski definition) is 6. The van der Waals surface area contributed by atoms with Crippen molar-refractivity contribution >= 4 is 17.8 Å². The van der Waals surface area contributed by atoms with E-state index in [-0.39, 0.29) is 6.42 Å². The zero-order chi connectivity index (χ0) is 19.0. The molecule has 0 saturated heterocycles. The lowest BCUT2D eigenvalue weighted by molar-refractivity contribution is -0.142. The van der Waals surface area contributed by atoms with E-state index in [1.807, 2.05) is 0 Å². The van der Waals surface area contributed by atoms with E-state index < -0.39 is 48.6 Å². The first kappa shape index (κ1) is 20.6. The molecule has 9 nitrogen and oxygen atoms in total. The molecule has 0 aliphatic heterocycles. The normalized spacial score (nSPS) is 15.5. The average molecular weight is 353 g/mol. The Morgan fingerprint density at radius 1 is 1.08 bits per heavy atom. The quantitative estimate of drug-likeness (QED) is 0.299. The van der Waals surface area contributed by atoms with Crippen LogP contribution in [0.4, 0.5) is 0 Å². The minimum absolute atomic E-state index is 0.0429. The summed E-state index contributed by atoms with van der Waals surface area (Å²) in [5, 5.41) is 32.3. The molecule has 7 N–H and O–H groups in total. The van der Waals surface area contributed by atoms with E-state index in [9.17, 15) is 29.7 Å². The number of nitrogens with two attached hydrogens (primary N) is 1. The Morgan fingerprint density at radius 2 is 1.64 bits per heavy atom. The standard InChI is InChI=1S/C16H23N3O6/c1-9(21)13(17)15(23)19-12(8-20)14(22)18-11(16(24)25)7-10-5-3-2-4-6-10/h2-6,9,11-13,20-21H,7-8,17H2,1H3,(H,18,22)(H,19,23)(H,24,25). The fourth-order valence-electron chi connectivity index (χ4n) is 2.00. The number of rotatable bonds is 9. The molecular weight excluding hydrogens is 330 g/mol. The van der Waals surface area contributed by atoms with Crippen molar-refractivity contribution in [2.75, 3.05) is 6.61 Å². The maximum Gasteiger partial charge on any atom is 0.326 e. The first-order chi connectivity index (χ1) is 11.8. The molecule has 0 fully saturated rings. The minimum atomic E-state index is -1.38. The fourth-order valence-corrected chi connectivity index (χ4v) is 2.00. The van der Waals surface area contributed by atoms with Gasteiger partial charge >= 0.3 is 5.97 Å². The van der Waals surface area contributed by atoms with E-state index in [0.717, 1.165) is 0 Å². The molecule has 1 rings (SSSR count). The van der Waals surface area contributed by atoms with Crippen LogP contribution in [-0.4, -0.2) is 63.9 Å². The lowest BCUT2D eigenvalue weighted by atomic mass is 10.1. The highest BCUT2D eigenvalue weighted by Gasteiger charge is 2.28. The summed E-state index contributed by atoms with van der Waals surface area (Å²) in [6.07, 6.45) is -1.10. The Kier molecular flexibility index (Phi) is 7.99. The van der Waals surface area contributed by atoms with Gasteiger partial charge in [0.2, 0.25) is 11.8 Å². The molecule has 0 spiro atoms. The summed E-state index contributed by atoms with van der Waals surface area (Å²) in [6, 6.07) is 4.81. The van der Waals surface area contributed by atoms with Crippen molar-refractivity contribution in [2.45, 2.75) is 37.6 Å². The molecule has 4 unspecified atom stereocenters. The molecule has 2 amide bonds. The molecule has 9 heteroatoms. The molecule has 1 aromatic carbocycles. The molecule has 138 valence electrons. The van der Waals surface area contributed by atoms with Gasteiger partial charge in [-0.2, -0.15) is 0 Å². The zero-order valence-electron chi connectivity index (χ0n) is 13.8. The summed E-state index contributed by atoms with van der Waals surface area (Å²) in [4.78, 5) is 35.3. The number of carboxylic acids is 1. The van der Waals surface area contributed by atoms with Gasteiger partial charge in [-0.3, -0.25) is 9.59 Å². The summed E-state index contributed by atoms with van der Waals surface area (Å²) in [6.45, 7) is 0.556. The van der Waals surface area contributed by atoms with Gasteiger partial charge in [-0.1, -0.05) is 30.3 Å². The highest BCUT2D eigenvalue weighted by molar-refractivity contribution is 5.92. The molecular formula is C16H23N3O6. The highest BCUT2D eigenvalue weighted by atomic mass is 16.4. The number of aliphatic hydroxyl groups excluding tert-OH is 2. The van der Waals surface area contributed by atoms with Gasteiger partial charge in [0.25, 0.3) is 0 Å². The second-order valence-corrected chi connectivity index (χ2v) is 5.60. The third-order valence-electron chi connectivity index (χ3n) is 3.54. The van der Waals surface area contributed by atoms with Crippen molar-refractivity contribution in [1.29, 1.82) is 0 Å². The number of aliphatic carboxylic acids is 1. The van der Waals surface area contributed by atoms with Crippen LogP contribution in [0.25, 0.3) is 0 Å². The summed E-state index contributed by atoms with van der Waals surface area (Å²) in [5.74, 6) is -2.95. The van der Waals surface area contributed by atoms with Crippen LogP contribution in [0.15, 0.2) is 30.3 Å². The van der Waals surface area contributed by atoms with Crippen molar-refractivity contribution in [1.82, 2.24) is 10.6 Å². The van der Waals surface area contributed by atoms with Crippen molar-refractivity contribution in [3.63, 3.8) is 0 Å². The second kappa shape index (κ2) is 9.72. The fraction of sp³-hybridized carbons (Fsp3) is 0.438. The second-order valence-electron chi connectivity index (χ2n) is 5.60. The number of carbonyl (C=O) groups excluding carboxylic acids is 2. The number of carbonyl (C=O) groups is 3. The summed E-state index contributed by atoms with van der Waals surface area (Å²) >= 11 is 0. The summed E-state index contributed by atoms with van der Waals surface area (Å²) in [7, 11) is 0. The lowest BCUT2D eigenvalue weighted by Gasteiger charge is -2.22. The van der Waals surface area contributed by atoms with Gasteiger partial charge in [0.05, 0.1) is 12.7 Å². The van der Waals surface area contributed by atoms with Gasteiger partial charge in [0.15, 0.2) is 0 Å². The summed E-state index contributed by atoms with van der Waals surface area (Å²) < 4.78 is 0. The number of carboxylic acid groups (broad SMARTS) is 1. The topological polar surface area (TPSA) is 162 Å². The van der Waals surface area contributed by atoms with Crippen LogP contribution in [0.3, 0.4) is 0 Å². The van der Waals surface area contributed by atoms with Crippen molar-refractivity contribution < 1.29 is 29.7 Å². The molecule has 4 atom stereocenters. The third kappa shape index (κ3) is 6.49. The van der Waals surface area contributed by atoms with Gasteiger partial charge < -0.3 is 31.7 Å². The maximum atomic E-state index is 12.2. The molecule has 0 aliphatic rings. The van der Waals surface area contributed by atoms with Crippen molar-refractivity contribution in [2.24, 2.45) is 5.73 Å². The molecule has 0 aliphatic carbocycles. The molecule has 1 aromatic rings. The Bertz CT molecular complexity index is 593. The Labute approximate surface area is 144 Å². The van der Waals surface area contributed by atoms with E-state index in [4.69, 9.17) is 5.73 Å². The predicted octanol–water partition coefficient (Wildman–Crippen LogP) is -2.02. The number of nitrogens with one attached hydrogen (secondary N) is 2. The number of hydrogen-bond acceptors (Lipinski definition) is 6. The minimum Gasteiger partial charge on any atom is -0.480 e. The highest BCUT2D eigenvalue weighted by Crippen LogP contribution is 2.04. The maximum absolute atomic E-state index is 12.2. The molecule has 0 bridgehead atoms. The van der Waals surface area contributed by atoms with Crippen LogP contribution >= 0.6 is 0 Å². The Hall–Kier alpha value is -2.49. The van der Waals surface area contributed by atoms with E-state index in [2.05, 4.69) is 10.6 Å². The van der Waals surface area contributed by atoms with Gasteiger partial charge in [0, 0.05) is 6.42 Å². The molecule has 0 heterocycles. The largest absolute Gasteiger partial charge is 0.480 e. The van der Waals surface area contributed by atoms with Crippen molar-refractivity contribution in [3.05, 3.63) is 35.9 Å². The average Bonchev–Trinajstić information content (AvgIpc) is 2.58. The smallest absolute Gasteiger partial charge is 0.326 e. The van der Waals surface area contributed by atoms with Gasteiger partial charge in [-0.25, -0.2) is 4.79 Å². The van der Waals surface area contributed by atoms with Crippen molar-refractivity contribution in [3.8, 4) is 0 Å². The number of aliphatic hydroxyl groups is 2. The van der Waals surface area contributed by atoms with Gasteiger partial charge in [-0.15, -0.1) is 0 Å². The number of benzene rings is 1. The van der Waals surface area contributed by atoms with Gasteiger partial charge in [0.1, 0.15) is 18.1 Å². The van der Waals surface area contributed by atoms with Crippen LogP contribution in [0, 0.1) is 0 Å². The van der Waals surface area contributed by atoms with Crippen LogP contribution in [0.1, 0.15) is 12.5 Å². The molecule has 0 aromatic heterocycles. The molecule has 0 radical (unpaired) electrons. The number of amides is 2. The Morgan fingerprint density at radius 3 is 2.12 bits per heavy atom. The molecule has 25 heavy (non-hydrogen) atoms. The zero-order valence-corrected chi connectivity index (χ0v) is 13.8. The van der Waals surface area contributed by atoms with Crippen LogP contribution in [0.5, 0.6) is 0 Å². The van der Waals surface area contributed by atoms with E-state index in [1.54, 1.807) is 30.3 Å². The van der Waals surface area contributed by atoms with E-state index in [0.29, 0.717) is 5.56 Å². The van der Waals surface area contributed by atoms with E-state index >= 15 is 0 Å². The van der Waals surface area contributed by atoms with Crippen LogP contribution in [-0.2, 0) is 20.8 Å². The van der Waals surface area contributed by atoms with E-state index in [1.165, 1.54) is 6.92 Å².